The minimum atomic E-state index is -1.13. The summed E-state index contributed by atoms with van der Waals surface area (Å²) in [4.78, 5) is 20.4. The van der Waals surface area contributed by atoms with Gasteiger partial charge in [-0.3, -0.25) is 15.0 Å². The number of carbonyl (C=O) groups is 2. The van der Waals surface area contributed by atoms with Crippen LogP contribution in [0.2, 0.25) is 0 Å². The van der Waals surface area contributed by atoms with E-state index in [1.165, 1.54) is 0 Å². The van der Waals surface area contributed by atoms with Crippen LogP contribution in [0, 0.1) is 0 Å². The summed E-state index contributed by atoms with van der Waals surface area (Å²) in [6.45, 7) is 0. The molecule has 0 unspecified atom stereocenters. The van der Waals surface area contributed by atoms with Gasteiger partial charge in [0.05, 0.1) is 12.5 Å². The van der Waals surface area contributed by atoms with E-state index in [0.29, 0.717) is 0 Å². The highest BCUT2D eigenvalue weighted by Crippen LogP contribution is 1.85. The number of hydrogen-bond acceptors (Lipinski definition) is 4. The van der Waals surface area contributed by atoms with Gasteiger partial charge in [0.25, 0.3) is 5.91 Å². The molecule has 58 valence electrons. The Labute approximate surface area is 57.2 Å². The topological polar surface area (TPSA) is 118 Å². The molecule has 0 rings (SSSR count). The van der Waals surface area contributed by atoms with E-state index in [1.54, 1.807) is 5.43 Å². The van der Waals surface area contributed by atoms with Crippen molar-refractivity contribution >= 4 is 11.9 Å². The van der Waals surface area contributed by atoms with E-state index in [9.17, 15) is 9.59 Å². The standard InChI is InChI=1S/C4H9N3O3/c5-2(1-3(8)9)4(10)7-6/h2H,1,5-6H2,(H,7,10)(H,8,9)/t2-/m0/s1. The van der Waals surface area contributed by atoms with E-state index in [1.807, 2.05) is 0 Å². The van der Waals surface area contributed by atoms with E-state index >= 15 is 0 Å². The average Bonchev–Trinajstić information content (AvgIpc) is 1.85. The van der Waals surface area contributed by atoms with Crippen molar-refractivity contribution < 1.29 is 14.7 Å². The zero-order valence-electron chi connectivity index (χ0n) is 5.20. The molecule has 10 heavy (non-hydrogen) atoms. The first-order valence-corrected chi connectivity index (χ1v) is 2.55. The van der Waals surface area contributed by atoms with Crippen LogP contribution in [0.5, 0.6) is 0 Å². The third kappa shape index (κ3) is 3.00. The summed E-state index contributed by atoms with van der Waals surface area (Å²) in [6.07, 6.45) is -0.414. The van der Waals surface area contributed by atoms with Crippen LogP contribution in [0.3, 0.4) is 0 Å². The third-order valence-electron chi connectivity index (χ3n) is 0.874. The van der Waals surface area contributed by atoms with Crippen molar-refractivity contribution in [2.75, 3.05) is 0 Å². The second kappa shape index (κ2) is 3.80. The smallest absolute Gasteiger partial charge is 0.305 e. The molecule has 0 aliphatic heterocycles. The Kier molecular flexibility index (Phi) is 3.37. The monoisotopic (exact) mass is 147 g/mol. The number of aliphatic carboxylic acids is 1. The molecule has 0 saturated carbocycles. The normalized spacial score (nSPS) is 12.2. The van der Waals surface area contributed by atoms with Gasteiger partial charge in [-0.25, -0.2) is 5.84 Å². The maximum Gasteiger partial charge on any atom is 0.305 e. The molecule has 6 heteroatoms. The molecule has 0 aliphatic rings. The fourth-order valence-corrected chi connectivity index (χ4v) is 0.388. The highest BCUT2D eigenvalue weighted by Gasteiger charge is 2.14. The fraction of sp³-hybridized carbons (Fsp3) is 0.500. The van der Waals surface area contributed by atoms with Crippen molar-refractivity contribution in [2.45, 2.75) is 12.5 Å². The molecule has 1 atom stereocenters. The average molecular weight is 147 g/mol. The predicted octanol–water partition coefficient (Wildman–Crippen LogP) is -2.22. The molecule has 0 fully saturated rings. The van der Waals surface area contributed by atoms with Crippen LogP contribution < -0.4 is 17.0 Å². The Balaban J connectivity index is 3.72. The maximum atomic E-state index is 10.4. The summed E-state index contributed by atoms with van der Waals surface area (Å²) in [5, 5.41) is 8.13. The lowest BCUT2D eigenvalue weighted by molar-refractivity contribution is -0.139. The molecular formula is C4H9N3O3. The Bertz CT molecular complexity index is 147. The van der Waals surface area contributed by atoms with Crippen LogP contribution in [0.15, 0.2) is 0 Å². The Morgan fingerprint density at radius 3 is 2.40 bits per heavy atom. The highest BCUT2D eigenvalue weighted by molar-refractivity contribution is 5.85. The highest BCUT2D eigenvalue weighted by atomic mass is 16.4. The number of amides is 1. The summed E-state index contributed by atoms with van der Waals surface area (Å²) in [7, 11) is 0. The lowest BCUT2D eigenvalue weighted by atomic mass is 10.2. The maximum absolute atomic E-state index is 10.4. The summed E-state index contributed by atoms with van der Waals surface area (Å²) in [6, 6.07) is -1.07. The lowest BCUT2D eigenvalue weighted by Gasteiger charge is -2.04. The van der Waals surface area contributed by atoms with Gasteiger partial charge in [0, 0.05) is 0 Å². The van der Waals surface area contributed by atoms with Crippen LogP contribution >= 0.6 is 0 Å². The summed E-state index contributed by atoms with van der Waals surface area (Å²) >= 11 is 0. The number of nitrogens with one attached hydrogen (secondary N) is 1. The van der Waals surface area contributed by atoms with Crippen molar-refractivity contribution in [3.05, 3.63) is 0 Å². The number of carboxylic acid groups (broad SMARTS) is 1. The first-order chi connectivity index (χ1) is 4.57. The molecule has 0 radical (unpaired) electrons. The Morgan fingerprint density at radius 1 is 1.60 bits per heavy atom. The first-order valence-electron chi connectivity index (χ1n) is 2.55. The largest absolute Gasteiger partial charge is 0.481 e. The summed E-state index contributed by atoms with van der Waals surface area (Å²) in [5.41, 5.74) is 6.80. The van der Waals surface area contributed by atoms with E-state index in [4.69, 9.17) is 10.8 Å². The van der Waals surface area contributed by atoms with Crippen molar-refractivity contribution in [2.24, 2.45) is 11.6 Å². The van der Waals surface area contributed by atoms with E-state index in [-0.39, 0.29) is 0 Å². The number of rotatable bonds is 3. The minimum absolute atomic E-state index is 0.414. The molecule has 0 aromatic carbocycles. The second-order valence-electron chi connectivity index (χ2n) is 1.71. The lowest BCUT2D eigenvalue weighted by Crippen LogP contribution is -2.44. The van der Waals surface area contributed by atoms with Crippen LogP contribution in [-0.2, 0) is 9.59 Å². The number of nitrogens with two attached hydrogens (primary N) is 2. The first kappa shape index (κ1) is 8.86. The zero-order chi connectivity index (χ0) is 8.15. The number of carbonyl (C=O) groups excluding carboxylic acids is 1. The van der Waals surface area contributed by atoms with Gasteiger partial charge in [-0.2, -0.15) is 0 Å². The van der Waals surface area contributed by atoms with Gasteiger partial charge in [-0.05, 0) is 0 Å². The molecule has 6 nitrogen and oxygen atoms in total. The molecule has 0 aromatic heterocycles. The van der Waals surface area contributed by atoms with Crippen molar-refractivity contribution in [1.29, 1.82) is 0 Å². The fourth-order valence-electron chi connectivity index (χ4n) is 0.388. The molecule has 1 amide bonds. The van der Waals surface area contributed by atoms with E-state index in [2.05, 4.69) is 5.84 Å². The molecule has 0 aromatic rings. The Morgan fingerprint density at radius 2 is 2.10 bits per heavy atom. The van der Waals surface area contributed by atoms with E-state index < -0.39 is 24.3 Å². The SMILES string of the molecule is NNC(=O)[C@@H](N)CC(=O)O. The molecule has 0 spiro atoms. The molecule has 6 N–H and O–H groups in total. The Hall–Kier alpha value is -1.14. The van der Waals surface area contributed by atoms with Crippen molar-refractivity contribution in [3.63, 3.8) is 0 Å². The van der Waals surface area contributed by atoms with Gasteiger partial charge < -0.3 is 10.8 Å². The molecule has 0 bridgehead atoms. The van der Waals surface area contributed by atoms with Gasteiger partial charge >= 0.3 is 5.97 Å². The molecular weight excluding hydrogens is 138 g/mol. The quantitative estimate of drug-likeness (QED) is 0.205. The molecule has 0 aliphatic carbocycles. The van der Waals surface area contributed by atoms with Crippen LogP contribution in [0.4, 0.5) is 0 Å². The summed E-state index contributed by atoms with van der Waals surface area (Å²) < 4.78 is 0. The van der Waals surface area contributed by atoms with Gasteiger partial charge in [0.1, 0.15) is 0 Å². The number of hydrazine groups is 1. The number of carboxylic acids is 1. The third-order valence-corrected chi connectivity index (χ3v) is 0.874. The van der Waals surface area contributed by atoms with Gasteiger partial charge in [-0.15, -0.1) is 0 Å². The van der Waals surface area contributed by atoms with Crippen LogP contribution in [0.25, 0.3) is 0 Å². The van der Waals surface area contributed by atoms with Gasteiger partial charge in [0.2, 0.25) is 0 Å². The van der Waals surface area contributed by atoms with Crippen molar-refractivity contribution in [1.82, 2.24) is 5.43 Å². The second-order valence-corrected chi connectivity index (χ2v) is 1.71. The number of hydrogen-bond donors (Lipinski definition) is 4. The van der Waals surface area contributed by atoms with Gasteiger partial charge in [-0.1, -0.05) is 0 Å². The van der Waals surface area contributed by atoms with E-state index in [0.717, 1.165) is 0 Å². The minimum Gasteiger partial charge on any atom is -0.481 e. The van der Waals surface area contributed by atoms with Crippen LogP contribution in [0.1, 0.15) is 6.42 Å². The van der Waals surface area contributed by atoms with Crippen LogP contribution in [-0.4, -0.2) is 23.0 Å². The molecule has 0 saturated heterocycles. The van der Waals surface area contributed by atoms with Crippen molar-refractivity contribution in [3.8, 4) is 0 Å². The van der Waals surface area contributed by atoms with Gasteiger partial charge in [0.15, 0.2) is 0 Å². The predicted molar refractivity (Wildman–Crippen MR) is 32.6 cm³/mol. The summed E-state index contributed by atoms with van der Waals surface area (Å²) in [5.74, 6) is 2.87. The molecule has 0 heterocycles. The zero-order valence-corrected chi connectivity index (χ0v) is 5.20.